The molecule has 2 rings (SSSR count). The van der Waals surface area contributed by atoms with Gasteiger partial charge in [-0.1, -0.05) is 0 Å². The predicted octanol–water partition coefficient (Wildman–Crippen LogP) is 2.44. The van der Waals surface area contributed by atoms with E-state index < -0.39 is 27.3 Å². The molecule has 0 aromatic heterocycles. The first-order valence-corrected chi connectivity index (χ1v) is 9.14. The van der Waals surface area contributed by atoms with Crippen molar-refractivity contribution in [1.82, 2.24) is 4.31 Å². The molecule has 1 heterocycles. The number of nitrogens with zero attached hydrogens (tertiary/aromatic N) is 3. The summed E-state index contributed by atoms with van der Waals surface area (Å²) in [6, 6.07) is 4.48. The number of rotatable bonds is 2. The van der Waals surface area contributed by atoms with E-state index in [0.29, 0.717) is 5.69 Å². The molecule has 24 heavy (non-hydrogen) atoms. The Kier molecular flexibility index (Phi) is 4.84. The lowest BCUT2D eigenvalue weighted by molar-refractivity contribution is -0.137. The van der Waals surface area contributed by atoms with Gasteiger partial charge in [-0.2, -0.15) is 22.7 Å². The van der Waals surface area contributed by atoms with Crippen molar-refractivity contribution < 1.29 is 21.6 Å². The molecule has 1 fully saturated rings. The molecule has 1 aliphatic heterocycles. The standard InChI is InChI=1S/C15H18F3N3O2S/c1-10-9-21(24(3,22)23)11(2)8-20(10)13-5-4-12(7-19)14(6-13)15(16,17)18/h4-6,10-11H,8-9H2,1-3H3. The van der Waals surface area contributed by atoms with Crippen LogP contribution < -0.4 is 4.90 Å². The lowest BCUT2D eigenvalue weighted by Crippen LogP contribution is -2.58. The van der Waals surface area contributed by atoms with Gasteiger partial charge in [-0.3, -0.25) is 0 Å². The zero-order chi connectivity index (χ0) is 18.3. The minimum Gasteiger partial charge on any atom is -0.366 e. The van der Waals surface area contributed by atoms with Crippen molar-refractivity contribution in [2.24, 2.45) is 0 Å². The summed E-state index contributed by atoms with van der Waals surface area (Å²) in [6.07, 6.45) is -3.50. The monoisotopic (exact) mass is 361 g/mol. The molecule has 0 spiro atoms. The average Bonchev–Trinajstić information content (AvgIpc) is 2.46. The minimum atomic E-state index is -4.62. The number of halogens is 3. The minimum absolute atomic E-state index is 0.196. The van der Waals surface area contributed by atoms with Crippen LogP contribution in [0, 0.1) is 11.3 Å². The summed E-state index contributed by atoms with van der Waals surface area (Å²) in [4.78, 5) is 1.74. The molecule has 5 nitrogen and oxygen atoms in total. The van der Waals surface area contributed by atoms with Crippen LogP contribution in [0.1, 0.15) is 25.0 Å². The Balaban J connectivity index is 2.38. The lowest BCUT2D eigenvalue weighted by atomic mass is 10.0. The maximum Gasteiger partial charge on any atom is 0.417 e. The zero-order valence-corrected chi connectivity index (χ0v) is 14.3. The van der Waals surface area contributed by atoms with Gasteiger partial charge in [-0.15, -0.1) is 0 Å². The lowest BCUT2D eigenvalue weighted by Gasteiger charge is -2.44. The SMILES string of the molecule is CC1CN(S(C)(=O)=O)C(C)CN1c1ccc(C#N)c(C(F)(F)F)c1. The van der Waals surface area contributed by atoms with Gasteiger partial charge >= 0.3 is 6.18 Å². The van der Waals surface area contributed by atoms with Crippen molar-refractivity contribution in [3.05, 3.63) is 29.3 Å². The summed E-state index contributed by atoms with van der Waals surface area (Å²) in [7, 11) is -3.37. The molecule has 0 amide bonds. The Morgan fingerprint density at radius 2 is 1.83 bits per heavy atom. The fourth-order valence-corrected chi connectivity index (χ4v) is 4.17. The first-order chi connectivity index (χ1) is 10.9. The Hall–Kier alpha value is -1.79. The topological polar surface area (TPSA) is 64.4 Å². The van der Waals surface area contributed by atoms with Crippen LogP contribution in [0.15, 0.2) is 18.2 Å². The highest BCUT2D eigenvalue weighted by Crippen LogP contribution is 2.35. The van der Waals surface area contributed by atoms with E-state index in [9.17, 15) is 21.6 Å². The number of nitriles is 1. The van der Waals surface area contributed by atoms with Gasteiger partial charge in [-0.05, 0) is 32.0 Å². The normalized spacial score (nSPS) is 23.1. The van der Waals surface area contributed by atoms with Crippen LogP contribution in [-0.4, -0.2) is 44.2 Å². The molecule has 9 heteroatoms. The van der Waals surface area contributed by atoms with E-state index in [0.717, 1.165) is 18.4 Å². The maximum absolute atomic E-state index is 13.1. The summed E-state index contributed by atoms with van der Waals surface area (Å²) in [5, 5.41) is 8.86. The van der Waals surface area contributed by atoms with Gasteiger partial charge in [0.1, 0.15) is 0 Å². The average molecular weight is 361 g/mol. The highest BCUT2D eigenvalue weighted by atomic mass is 32.2. The molecule has 132 valence electrons. The number of sulfonamides is 1. The fourth-order valence-electron chi connectivity index (χ4n) is 2.96. The molecule has 1 aromatic carbocycles. The molecule has 2 atom stereocenters. The molecule has 0 radical (unpaired) electrons. The van der Waals surface area contributed by atoms with E-state index in [1.807, 2.05) is 0 Å². The largest absolute Gasteiger partial charge is 0.417 e. The Labute approximate surface area is 139 Å². The molecular weight excluding hydrogens is 343 g/mol. The molecule has 1 aromatic rings. The van der Waals surface area contributed by atoms with Crippen molar-refractivity contribution in [2.45, 2.75) is 32.1 Å². The Morgan fingerprint density at radius 1 is 1.21 bits per heavy atom. The van der Waals surface area contributed by atoms with Crippen molar-refractivity contribution in [2.75, 3.05) is 24.2 Å². The molecule has 0 N–H and O–H groups in total. The van der Waals surface area contributed by atoms with Crippen LogP contribution >= 0.6 is 0 Å². The van der Waals surface area contributed by atoms with Gasteiger partial charge in [0.05, 0.1) is 23.5 Å². The van der Waals surface area contributed by atoms with Gasteiger partial charge in [0.15, 0.2) is 0 Å². The molecular formula is C15H18F3N3O2S. The van der Waals surface area contributed by atoms with Gasteiger partial charge in [0.25, 0.3) is 0 Å². The van der Waals surface area contributed by atoms with Gasteiger partial charge in [0, 0.05) is 30.9 Å². The third kappa shape index (κ3) is 3.65. The number of alkyl halides is 3. The number of hydrogen-bond donors (Lipinski definition) is 0. The van der Waals surface area contributed by atoms with Crippen LogP contribution in [0.3, 0.4) is 0 Å². The van der Waals surface area contributed by atoms with Gasteiger partial charge in [-0.25, -0.2) is 8.42 Å². The summed E-state index contributed by atoms with van der Waals surface area (Å²) < 4.78 is 64.3. The van der Waals surface area contributed by atoms with E-state index in [-0.39, 0.29) is 25.2 Å². The quantitative estimate of drug-likeness (QED) is 0.812. The zero-order valence-electron chi connectivity index (χ0n) is 13.5. The first-order valence-electron chi connectivity index (χ1n) is 7.30. The van der Waals surface area contributed by atoms with Crippen LogP contribution in [-0.2, 0) is 16.2 Å². The van der Waals surface area contributed by atoms with Gasteiger partial charge < -0.3 is 4.90 Å². The first kappa shape index (κ1) is 18.5. The Morgan fingerprint density at radius 3 is 2.33 bits per heavy atom. The second kappa shape index (κ2) is 6.26. The summed E-state index contributed by atoms with van der Waals surface area (Å²) in [5.74, 6) is 0. The molecule has 1 aliphatic rings. The third-order valence-corrected chi connectivity index (χ3v) is 5.48. The highest BCUT2D eigenvalue weighted by Gasteiger charge is 2.37. The fraction of sp³-hybridized carbons (Fsp3) is 0.533. The number of anilines is 1. The molecule has 0 bridgehead atoms. The highest BCUT2D eigenvalue weighted by molar-refractivity contribution is 7.88. The smallest absolute Gasteiger partial charge is 0.366 e. The van der Waals surface area contributed by atoms with Crippen molar-refractivity contribution in [3.8, 4) is 6.07 Å². The number of piperazine rings is 1. The van der Waals surface area contributed by atoms with E-state index >= 15 is 0 Å². The van der Waals surface area contributed by atoms with E-state index in [2.05, 4.69) is 0 Å². The summed E-state index contributed by atoms with van der Waals surface area (Å²) in [5.41, 5.74) is -1.08. The predicted molar refractivity (Wildman–Crippen MR) is 84.0 cm³/mol. The van der Waals surface area contributed by atoms with Crippen molar-refractivity contribution in [3.63, 3.8) is 0 Å². The van der Waals surface area contributed by atoms with E-state index in [4.69, 9.17) is 5.26 Å². The molecule has 2 unspecified atom stereocenters. The van der Waals surface area contributed by atoms with Gasteiger partial charge in [0.2, 0.25) is 10.0 Å². The van der Waals surface area contributed by atoms with Crippen molar-refractivity contribution >= 4 is 15.7 Å². The van der Waals surface area contributed by atoms with Crippen LogP contribution in [0.4, 0.5) is 18.9 Å². The van der Waals surface area contributed by atoms with Crippen LogP contribution in [0.5, 0.6) is 0 Å². The second-order valence-electron chi connectivity index (χ2n) is 6.02. The number of benzene rings is 1. The summed E-state index contributed by atoms with van der Waals surface area (Å²) >= 11 is 0. The van der Waals surface area contributed by atoms with Crippen LogP contribution in [0.25, 0.3) is 0 Å². The summed E-state index contributed by atoms with van der Waals surface area (Å²) in [6.45, 7) is 3.95. The van der Waals surface area contributed by atoms with E-state index in [1.54, 1.807) is 24.8 Å². The number of hydrogen-bond acceptors (Lipinski definition) is 4. The maximum atomic E-state index is 13.1. The molecule has 0 aliphatic carbocycles. The molecule has 0 saturated carbocycles. The van der Waals surface area contributed by atoms with Crippen molar-refractivity contribution in [1.29, 1.82) is 5.26 Å². The third-order valence-electron chi connectivity index (χ3n) is 4.12. The van der Waals surface area contributed by atoms with Crippen LogP contribution in [0.2, 0.25) is 0 Å². The molecule has 1 saturated heterocycles. The Bertz CT molecular complexity index is 771. The van der Waals surface area contributed by atoms with E-state index in [1.165, 1.54) is 10.4 Å². The second-order valence-corrected chi connectivity index (χ2v) is 7.96.